The fourth-order valence-electron chi connectivity index (χ4n) is 5.05. The highest BCUT2D eigenvalue weighted by atomic mass is 16.5. The lowest BCUT2D eigenvalue weighted by Crippen LogP contribution is -2.55. The molecular weight excluding hydrogens is 346 g/mol. The number of piperazine rings is 1. The third kappa shape index (κ3) is 3.89. The first-order valence-corrected chi connectivity index (χ1v) is 10.9. The summed E-state index contributed by atoms with van der Waals surface area (Å²) in [5.41, 5.74) is 4.20. The van der Waals surface area contributed by atoms with Gasteiger partial charge < -0.3 is 9.64 Å². The van der Waals surface area contributed by atoms with E-state index in [1.165, 1.54) is 55.8 Å². The monoisotopic (exact) mass is 377 g/mol. The van der Waals surface area contributed by atoms with E-state index in [0.717, 1.165) is 38.4 Å². The maximum absolute atomic E-state index is 5.66. The molecule has 2 aromatic carbocycles. The van der Waals surface area contributed by atoms with Gasteiger partial charge in [-0.3, -0.25) is 9.80 Å². The van der Waals surface area contributed by atoms with Gasteiger partial charge in [0, 0.05) is 57.4 Å². The van der Waals surface area contributed by atoms with Crippen molar-refractivity contribution in [3.63, 3.8) is 0 Å². The van der Waals surface area contributed by atoms with E-state index in [1.54, 1.807) is 0 Å². The van der Waals surface area contributed by atoms with Crippen LogP contribution in [0.1, 0.15) is 24.0 Å². The average molecular weight is 378 g/mol. The van der Waals surface area contributed by atoms with Crippen molar-refractivity contribution in [1.82, 2.24) is 9.80 Å². The molecule has 3 aliphatic rings. The van der Waals surface area contributed by atoms with Gasteiger partial charge in [0.2, 0.25) is 0 Å². The van der Waals surface area contributed by atoms with Crippen molar-refractivity contribution in [3.8, 4) is 5.75 Å². The van der Waals surface area contributed by atoms with Crippen molar-refractivity contribution < 1.29 is 4.74 Å². The molecule has 0 bridgehead atoms. The lowest BCUT2D eigenvalue weighted by molar-refractivity contribution is 0.0887. The number of anilines is 1. The van der Waals surface area contributed by atoms with E-state index in [2.05, 4.69) is 63.2 Å². The van der Waals surface area contributed by atoms with Crippen molar-refractivity contribution in [3.05, 3.63) is 59.7 Å². The second kappa shape index (κ2) is 8.14. The van der Waals surface area contributed by atoms with Crippen LogP contribution in [0.2, 0.25) is 0 Å². The van der Waals surface area contributed by atoms with Crippen LogP contribution in [0.4, 0.5) is 5.69 Å². The fraction of sp³-hybridized carbons (Fsp3) is 0.500. The van der Waals surface area contributed by atoms with Gasteiger partial charge in [0.15, 0.2) is 0 Å². The summed E-state index contributed by atoms with van der Waals surface area (Å²) in [7, 11) is 0. The molecule has 0 aliphatic carbocycles. The van der Waals surface area contributed by atoms with Gasteiger partial charge in [0.1, 0.15) is 5.75 Å². The summed E-state index contributed by atoms with van der Waals surface area (Å²) in [5.74, 6) is 1.09. The second-order valence-corrected chi connectivity index (χ2v) is 8.43. The standard InChI is InChI=1S/C24H31N3O/c1-2-5-22(6-3-1)26-12-14-27(15-13-26)23-7-4-11-25(19-23)18-20-8-9-24-21(17-20)10-16-28-24/h1-3,5-6,8-9,17,23H,4,7,10-16,18-19H2. The molecule has 2 aromatic rings. The quantitative estimate of drug-likeness (QED) is 0.813. The molecule has 2 fully saturated rings. The van der Waals surface area contributed by atoms with Gasteiger partial charge in [-0.15, -0.1) is 0 Å². The summed E-state index contributed by atoms with van der Waals surface area (Å²) in [6, 6.07) is 18.4. The molecule has 5 rings (SSSR count). The predicted molar refractivity (Wildman–Crippen MR) is 114 cm³/mol. The molecule has 2 saturated heterocycles. The lowest BCUT2D eigenvalue weighted by atomic mass is 10.0. The highest BCUT2D eigenvalue weighted by molar-refractivity contribution is 5.46. The number of nitrogens with zero attached hydrogens (tertiary/aromatic N) is 3. The Labute approximate surface area is 168 Å². The number of ether oxygens (including phenoxy) is 1. The molecule has 28 heavy (non-hydrogen) atoms. The van der Waals surface area contributed by atoms with Gasteiger partial charge in [-0.25, -0.2) is 0 Å². The molecule has 4 nitrogen and oxygen atoms in total. The number of benzene rings is 2. The molecular formula is C24H31N3O. The van der Waals surface area contributed by atoms with Crippen LogP contribution in [0.3, 0.4) is 0 Å². The van der Waals surface area contributed by atoms with Crippen LogP contribution in [-0.2, 0) is 13.0 Å². The van der Waals surface area contributed by atoms with E-state index in [0.29, 0.717) is 6.04 Å². The summed E-state index contributed by atoms with van der Waals surface area (Å²) in [6.07, 6.45) is 3.73. The van der Waals surface area contributed by atoms with E-state index in [1.807, 2.05) is 0 Å². The molecule has 0 spiro atoms. The molecule has 0 radical (unpaired) electrons. The Balaban J connectivity index is 1.16. The van der Waals surface area contributed by atoms with Crippen LogP contribution in [0.15, 0.2) is 48.5 Å². The number of rotatable bonds is 4. The number of likely N-dealkylation sites (tertiary alicyclic amines) is 1. The zero-order valence-electron chi connectivity index (χ0n) is 16.7. The summed E-state index contributed by atoms with van der Waals surface area (Å²) in [4.78, 5) is 7.93. The van der Waals surface area contributed by atoms with Crippen molar-refractivity contribution in [2.75, 3.05) is 50.8 Å². The van der Waals surface area contributed by atoms with Crippen LogP contribution in [0, 0.1) is 0 Å². The van der Waals surface area contributed by atoms with Gasteiger partial charge >= 0.3 is 0 Å². The van der Waals surface area contributed by atoms with Crippen LogP contribution in [0.5, 0.6) is 5.75 Å². The topological polar surface area (TPSA) is 19.0 Å². The normalized spacial score (nSPS) is 23.4. The van der Waals surface area contributed by atoms with Gasteiger partial charge in [0.25, 0.3) is 0 Å². The first-order valence-electron chi connectivity index (χ1n) is 10.9. The molecule has 4 heteroatoms. The van der Waals surface area contributed by atoms with Crippen molar-refractivity contribution >= 4 is 5.69 Å². The molecule has 3 aliphatic heterocycles. The predicted octanol–water partition coefficient (Wildman–Crippen LogP) is 3.41. The zero-order chi connectivity index (χ0) is 18.8. The summed E-state index contributed by atoms with van der Waals surface area (Å²) < 4.78 is 5.66. The van der Waals surface area contributed by atoms with Crippen LogP contribution in [0.25, 0.3) is 0 Å². The van der Waals surface area contributed by atoms with E-state index < -0.39 is 0 Å². The third-order valence-corrected chi connectivity index (χ3v) is 6.59. The molecule has 0 N–H and O–H groups in total. The minimum Gasteiger partial charge on any atom is -0.493 e. The van der Waals surface area contributed by atoms with Crippen molar-refractivity contribution in [2.45, 2.75) is 31.8 Å². The minimum atomic E-state index is 0.712. The van der Waals surface area contributed by atoms with Crippen molar-refractivity contribution in [2.24, 2.45) is 0 Å². The van der Waals surface area contributed by atoms with Crippen LogP contribution >= 0.6 is 0 Å². The highest BCUT2D eigenvalue weighted by Gasteiger charge is 2.28. The number of hydrogen-bond acceptors (Lipinski definition) is 4. The number of piperidine rings is 1. The van der Waals surface area contributed by atoms with E-state index in [4.69, 9.17) is 4.74 Å². The number of hydrogen-bond donors (Lipinski definition) is 0. The van der Waals surface area contributed by atoms with Gasteiger partial charge in [-0.1, -0.05) is 30.3 Å². The molecule has 148 valence electrons. The molecule has 1 unspecified atom stereocenters. The van der Waals surface area contributed by atoms with E-state index >= 15 is 0 Å². The number of fused-ring (bicyclic) bond motifs is 1. The van der Waals surface area contributed by atoms with E-state index in [-0.39, 0.29) is 0 Å². The van der Waals surface area contributed by atoms with Crippen LogP contribution in [-0.4, -0.2) is 61.7 Å². The first-order chi connectivity index (χ1) is 13.8. The summed E-state index contributed by atoms with van der Waals surface area (Å²) in [5, 5.41) is 0. The molecule has 1 atom stereocenters. The van der Waals surface area contributed by atoms with Gasteiger partial charge in [0.05, 0.1) is 6.61 Å². The fourth-order valence-corrected chi connectivity index (χ4v) is 5.05. The maximum Gasteiger partial charge on any atom is 0.122 e. The largest absolute Gasteiger partial charge is 0.493 e. The molecule has 0 aromatic heterocycles. The Morgan fingerprint density at radius 1 is 0.929 bits per heavy atom. The molecule has 0 saturated carbocycles. The highest BCUT2D eigenvalue weighted by Crippen LogP contribution is 2.27. The first kappa shape index (κ1) is 18.0. The number of para-hydroxylation sites is 1. The lowest BCUT2D eigenvalue weighted by Gasteiger charge is -2.44. The SMILES string of the molecule is c1ccc(N2CCN(C3CCCN(Cc4ccc5c(c4)CCO5)C3)CC2)cc1. The summed E-state index contributed by atoms with van der Waals surface area (Å²) >= 11 is 0. The Hall–Kier alpha value is -2.04. The average Bonchev–Trinajstić information content (AvgIpc) is 3.23. The molecule has 3 heterocycles. The van der Waals surface area contributed by atoms with E-state index in [9.17, 15) is 0 Å². The van der Waals surface area contributed by atoms with Crippen molar-refractivity contribution in [1.29, 1.82) is 0 Å². The molecule has 0 amide bonds. The van der Waals surface area contributed by atoms with Gasteiger partial charge in [-0.2, -0.15) is 0 Å². The Morgan fingerprint density at radius 3 is 2.64 bits per heavy atom. The third-order valence-electron chi connectivity index (χ3n) is 6.59. The van der Waals surface area contributed by atoms with Gasteiger partial charge in [-0.05, 0) is 48.7 Å². The summed E-state index contributed by atoms with van der Waals surface area (Å²) in [6.45, 7) is 9.02. The second-order valence-electron chi connectivity index (χ2n) is 8.43. The maximum atomic E-state index is 5.66. The smallest absolute Gasteiger partial charge is 0.122 e. The minimum absolute atomic E-state index is 0.712. The Kier molecular flexibility index (Phi) is 5.24. The van der Waals surface area contributed by atoms with Crippen LogP contribution < -0.4 is 9.64 Å². The Morgan fingerprint density at radius 2 is 1.79 bits per heavy atom. The Bertz CT molecular complexity index is 786. The zero-order valence-corrected chi connectivity index (χ0v) is 16.7.